The summed E-state index contributed by atoms with van der Waals surface area (Å²) >= 11 is 0. The van der Waals surface area contributed by atoms with E-state index < -0.39 is 34.9 Å². The van der Waals surface area contributed by atoms with Crippen LogP contribution in [0, 0.1) is 5.82 Å². The van der Waals surface area contributed by atoms with Gasteiger partial charge < -0.3 is 30.7 Å². The molecule has 1 aliphatic heterocycles. The van der Waals surface area contributed by atoms with Gasteiger partial charge >= 0.3 is 6.18 Å². The molecule has 3 aromatic rings. The number of hydrogen-bond donors (Lipinski definition) is 4. The fraction of sp³-hybridized carbons (Fsp3) is 0.308. The summed E-state index contributed by atoms with van der Waals surface area (Å²) in [5.41, 5.74) is -2.06. The summed E-state index contributed by atoms with van der Waals surface area (Å²) in [6.45, 7) is -0.206. The smallest absolute Gasteiger partial charge is 0.418 e. The first-order valence-corrected chi connectivity index (χ1v) is 12.0. The molecule has 212 valence electrons. The van der Waals surface area contributed by atoms with E-state index in [4.69, 9.17) is 9.47 Å². The van der Waals surface area contributed by atoms with Crippen LogP contribution in [0.25, 0.3) is 0 Å². The maximum absolute atomic E-state index is 14.8. The Hall–Kier alpha value is -4.46. The third kappa shape index (κ3) is 6.39. The van der Waals surface area contributed by atoms with Gasteiger partial charge in [-0.05, 0) is 24.3 Å². The van der Waals surface area contributed by atoms with Gasteiger partial charge in [-0.15, -0.1) is 0 Å². The van der Waals surface area contributed by atoms with Crippen LogP contribution in [0.4, 0.5) is 34.6 Å². The molecule has 0 unspecified atom stereocenters. The summed E-state index contributed by atoms with van der Waals surface area (Å²) < 4.78 is 65.5. The van der Waals surface area contributed by atoms with E-state index in [-0.39, 0.29) is 54.6 Å². The molecule has 1 atom stereocenters. The van der Waals surface area contributed by atoms with Crippen molar-refractivity contribution in [3.63, 3.8) is 0 Å². The van der Waals surface area contributed by atoms with Crippen LogP contribution in [0.1, 0.15) is 28.0 Å². The lowest BCUT2D eigenvalue weighted by Gasteiger charge is -2.27. The highest BCUT2D eigenvalue weighted by Crippen LogP contribution is 2.38. The number of benzene rings is 1. The van der Waals surface area contributed by atoms with Gasteiger partial charge in [0.2, 0.25) is 5.91 Å². The number of carbonyl (C=O) groups is 2. The van der Waals surface area contributed by atoms with E-state index in [2.05, 4.69) is 31.2 Å². The van der Waals surface area contributed by atoms with Gasteiger partial charge in [-0.2, -0.15) is 13.2 Å². The van der Waals surface area contributed by atoms with Crippen LogP contribution < -0.4 is 26.0 Å². The van der Waals surface area contributed by atoms with Crippen molar-refractivity contribution in [2.45, 2.75) is 24.7 Å². The molecule has 1 aliphatic rings. The number of aromatic nitrogens is 2. The number of hydrogen-bond acceptors (Lipinski definition) is 8. The molecule has 4 rings (SSSR count). The van der Waals surface area contributed by atoms with E-state index in [1.807, 2.05) is 0 Å². The molecule has 0 saturated carbocycles. The fourth-order valence-corrected chi connectivity index (χ4v) is 4.04. The number of pyridine rings is 2. The third-order valence-corrected chi connectivity index (χ3v) is 6.24. The van der Waals surface area contributed by atoms with Gasteiger partial charge in [0.05, 0.1) is 60.3 Å². The molecule has 40 heavy (non-hydrogen) atoms. The Morgan fingerprint density at radius 2 is 1.93 bits per heavy atom. The predicted octanol–water partition coefficient (Wildman–Crippen LogP) is 3.63. The highest BCUT2D eigenvalue weighted by Gasteiger charge is 2.44. The Morgan fingerprint density at radius 1 is 1.12 bits per heavy atom. The lowest BCUT2D eigenvalue weighted by molar-refractivity contribution is -0.137. The topological polar surface area (TPSA) is 127 Å². The molecule has 1 aromatic carbocycles. The SMILES string of the molecule is CNc1cncc(C(=O)N[C@@]2(C(=O)NCc3ncc(Nc4ccc(OC)cc4C(F)(F)F)cc3F)CCOC2)c1. The second-order valence-corrected chi connectivity index (χ2v) is 8.92. The molecule has 0 radical (unpaired) electrons. The monoisotopic (exact) mass is 562 g/mol. The van der Waals surface area contributed by atoms with Crippen molar-refractivity contribution in [1.29, 1.82) is 0 Å². The minimum Gasteiger partial charge on any atom is -0.497 e. The fourth-order valence-electron chi connectivity index (χ4n) is 4.04. The van der Waals surface area contributed by atoms with Crippen LogP contribution in [0.15, 0.2) is 48.9 Å². The number of rotatable bonds is 9. The van der Waals surface area contributed by atoms with Gasteiger partial charge in [0.25, 0.3) is 5.91 Å². The van der Waals surface area contributed by atoms with Crippen LogP contribution in [0.5, 0.6) is 5.75 Å². The summed E-state index contributed by atoms with van der Waals surface area (Å²) in [6.07, 6.45) is -0.462. The molecule has 2 amide bonds. The number of nitrogens with one attached hydrogen (secondary N) is 4. The zero-order valence-corrected chi connectivity index (χ0v) is 21.5. The first kappa shape index (κ1) is 28.5. The molecule has 14 heteroatoms. The lowest BCUT2D eigenvalue weighted by atomic mass is 9.96. The van der Waals surface area contributed by atoms with E-state index in [1.165, 1.54) is 25.6 Å². The Bertz CT molecular complexity index is 1400. The molecule has 1 fully saturated rings. The van der Waals surface area contributed by atoms with E-state index in [0.717, 1.165) is 24.4 Å². The van der Waals surface area contributed by atoms with E-state index in [0.29, 0.717) is 5.69 Å². The third-order valence-electron chi connectivity index (χ3n) is 6.24. The van der Waals surface area contributed by atoms with Crippen molar-refractivity contribution >= 4 is 28.9 Å². The number of amides is 2. The molecular weight excluding hydrogens is 536 g/mol. The highest BCUT2D eigenvalue weighted by molar-refractivity contribution is 5.99. The highest BCUT2D eigenvalue weighted by atomic mass is 19.4. The van der Waals surface area contributed by atoms with Crippen LogP contribution in [-0.4, -0.2) is 54.7 Å². The van der Waals surface area contributed by atoms with Crippen molar-refractivity contribution in [3.8, 4) is 5.75 Å². The van der Waals surface area contributed by atoms with Crippen LogP contribution in [0.3, 0.4) is 0 Å². The minimum absolute atomic E-state index is 0.0121. The number of alkyl halides is 3. The molecule has 3 heterocycles. The Labute approximate surface area is 226 Å². The maximum atomic E-state index is 14.8. The van der Waals surface area contributed by atoms with Gasteiger partial charge in [0, 0.05) is 38.5 Å². The van der Waals surface area contributed by atoms with E-state index in [1.54, 1.807) is 13.1 Å². The molecular formula is C26H26F4N6O4. The summed E-state index contributed by atoms with van der Waals surface area (Å²) in [4.78, 5) is 33.9. The second kappa shape index (κ2) is 11.7. The Kier molecular flexibility index (Phi) is 8.38. The standard InChI is InChI=1S/C26H26F4N6O4/c1-31-16-7-15(10-32-11-16)23(37)36-25(5-6-40-14-25)24(38)34-13-22-20(27)8-17(12-33-22)35-21-4-3-18(39-2)9-19(21)26(28,29)30/h3-4,7-12,31,35H,5-6,13-14H2,1-2H3,(H,34,38)(H,36,37)/t25-/m0/s1. The Morgan fingerprint density at radius 3 is 2.58 bits per heavy atom. The van der Waals surface area contributed by atoms with Crippen molar-refractivity contribution in [3.05, 3.63) is 71.6 Å². The summed E-state index contributed by atoms with van der Waals surface area (Å²) in [5, 5.41) is 10.7. The molecule has 0 bridgehead atoms. The van der Waals surface area contributed by atoms with Crippen LogP contribution in [0.2, 0.25) is 0 Å². The average Bonchev–Trinajstić information content (AvgIpc) is 3.41. The maximum Gasteiger partial charge on any atom is 0.418 e. The number of nitrogens with zero attached hydrogens (tertiary/aromatic N) is 2. The Balaban J connectivity index is 1.44. The lowest BCUT2D eigenvalue weighted by Crippen LogP contribution is -2.59. The van der Waals surface area contributed by atoms with Gasteiger partial charge in [-0.3, -0.25) is 19.6 Å². The second-order valence-electron chi connectivity index (χ2n) is 8.92. The van der Waals surface area contributed by atoms with Crippen LogP contribution in [-0.2, 0) is 22.3 Å². The normalized spacial score (nSPS) is 16.8. The largest absolute Gasteiger partial charge is 0.497 e. The van der Waals surface area contributed by atoms with Gasteiger partial charge in [0.15, 0.2) is 0 Å². The quantitative estimate of drug-likeness (QED) is 0.292. The molecule has 2 aromatic heterocycles. The zero-order chi connectivity index (χ0) is 28.9. The van der Waals surface area contributed by atoms with E-state index in [9.17, 15) is 27.2 Å². The van der Waals surface area contributed by atoms with Gasteiger partial charge in [-0.1, -0.05) is 0 Å². The molecule has 0 aliphatic carbocycles. The predicted molar refractivity (Wildman–Crippen MR) is 137 cm³/mol. The van der Waals surface area contributed by atoms with Crippen molar-refractivity contribution in [1.82, 2.24) is 20.6 Å². The number of anilines is 3. The number of ether oxygens (including phenoxy) is 2. The number of carbonyl (C=O) groups excluding carboxylic acids is 2. The van der Waals surface area contributed by atoms with Crippen molar-refractivity contribution in [2.24, 2.45) is 0 Å². The molecule has 1 saturated heterocycles. The molecule has 4 N–H and O–H groups in total. The summed E-state index contributed by atoms with van der Waals surface area (Å²) in [5.74, 6) is -1.99. The van der Waals surface area contributed by atoms with Gasteiger partial charge in [-0.25, -0.2) is 4.39 Å². The van der Waals surface area contributed by atoms with E-state index >= 15 is 0 Å². The van der Waals surface area contributed by atoms with Crippen molar-refractivity contribution in [2.75, 3.05) is 38.0 Å². The minimum atomic E-state index is -4.69. The first-order valence-electron chi connectivity index (χ1n) is 12.0. The average molecular weight is 563 g/mol. The zero-order valence-electron chi connectivity index (χ0n) is 21.5. The first-order chi connectivity index (χ1) is 19.0. The number of methoxy groups -OCH3 is 1. The van der Waals surface area contributed by atoms with Gasteiger partial charge in [0.1, 0.15) is 17.1 Å². The molecule has 10 nitrogen and oxygen atoms in total. The number of halogens is 4. The summed E-state index contributed by atoms with van der Waals surface area (Å²) in [7, 11) is 2.92. The summed E-state index contributed by atoms with van der Waals surface area (Å²) in [6, 6.07) is 5.86. The van der Waals surface area contributed by atoms with Crippen molar-refractivity contribution < 1.29 is 36.6 Å². The van der Waals surface area contributed by atoms with Crippen LogP contribution >= 0.6 is 0 Å². The molecule has 0 spiro atoms.